The molecule has 1 N–H and O–H groups in total. The number of imide groups is 1. The summed E-state index contributed by atoms with van der Waals surface area (Å²) in [5, 5.41) is 2.81. The molecule has 0 saturated heterocycles. The molecule has 0 heterocycles. The lowest BCUT2D eigenvalue weighted by molar-refractivity contribution is -0.128. The van der Waals surface area contributed by atoms with Crippen molar-refractivity contribution in [2.75, 3.05) is 55.7 Å². The molecular weight excluding hydrogens is 428 g/mol. The summed E-state index contributed by atoms with van der Waals surface area (Å²) in [7, 11) is 3.85. The second kappa shape index (κ2) is 15.9. The van der Waals surface area contributed by atoms with Crippen molar-refractivity contribution in [2.45, 2.75) is 51.1 Å². The van der Waals surface area contributed by atoms with Gasteiger partial charge < -0.3 is 31.9 Å². The molecule has 0 fully saturated rings. The molecule has 0 aliphatic heterocycles. The molecule has 0 aromatic heterocycles. The van der Waals surface area contributed by atoms with E-state index in [0.29, 0.717) is 37.9 Å². The van der Waals surface area contributed by atoms with Crippen molar-refractivity contribution in [3.63, 3.8) is 0 Å². The molecule has 0 aliphatic carbocycles. The van der Waals surface area contributed by atoms with Crippen LogP contribution in [0.1, 0.15) is 39.0 Å². The molecule has 10 nitrogen and oxygen atoms in total. The molecule has 178 valence electrons. The first-order chi connectivity index (χ1) is 14.3. The van der Waals surface area contributed by atoms with Gasteiger partial charge in [0.25, 0.3) is 0 Å². The maximum absolute atomic E-state index is 12.7. The van der Waals surface area contributed by atoms with Crippen molar-refractivity contribution in [3.8, 4) is 0 Å². The van der Waals surface area contributed by atoms with Gasteiger partial charge in [-0.25, -0.2) is 4.79 Å². The van der Waals surface area contributed by atoms with E-state index in [9.17, 15) is 9.59 Å². The third kappa shape index (κ3) is 9.51. The highest BCUT2D eigenvalue weighted by Gasteiger charge is 2.38. The molecule has 0 saturated carbocycles. The Morgan fingerprint density at radius 1 is 0.767 bits per heavy atom. The number of amides is 3. The minimum atomic E-state index is -2.75. The summed E-state index contributed by atoms with van der Waals surface area (Å²) >= 11 is 0. The number of nitrogens with zero attached hydrogens (tertiary/aromatic N) is 1. The zero-order valence-electron chi connectivity index (χ0n) is 19.6. The van der Waals surface area contributed by atoms with Crippen LogP contribution >= 0.6 is 0 Å². The zero-order valence-corrected chi connectivity index (χ0v) is 21.6. The van der Waals surface area contributed by atoms with E-state index in [1.165, 1.54) is 4.90 Å². The average molecular weight is 469 g/mol. The Bertz CT molecular complexity index is 474. The summed E-state index contributed by atoms with van der Waals surface area (Å²) in [5.74, 6) is -0.191. The lowest BCUT2D eigenvalue weighted by Crippen LogP contribution is -2.47. The fourth-order valence-corrected chi connectivity index (χ4v) is 6.39. The highest BCUT2D eigenvalue weighted by molar-refractivity contribution is 6.60. The van der Waals surface area contributed by atoms with Gasteiger partial charge in [-0.1, -0.05) is 13.3 Å². The molecule has 0 spiro atoms. The van der Waals surface area contributed by atoms with Gasteiger partial charge in [0.1, 0.15) is 0 Å². The van der Waals surface area contributed by atoms with Crippen LogP contribution in [0.15, 0.2) is 0 Å². The Morgan fingerprint density at radius 2 is 1.23 bits per heavy atom. The van der Waals surface area contributed by atoms with Gasteiger partial charge in [-0.2, -0.15) is 0 Å². The molecule has 12 heteroatoms. The van der Waals surface area contributed by atoms with Crippen LogP contribution in [0.3, 0.4) is 0 Å². The molecule has 3 amide bonds. The fourth-order valence-electron chi connectivity index (χ4n) is 2.96. The van der Waals surface area contributed by atoms with E-state index in [-0.39, 0.29) is 12.5 Å². The monoisotopic (exact) mass is 468 g/mol. The molecule has 0 aromatic rings. The van der Waals surface area contributed by atoms with Crippen LogP contribution < -0.4 is 5.32 Å². The van der Waals surface area contributed by atoms with Crippen LogP contribution in [-0.2, 0) is 31.4 Å². The molecular formula is C18H40N2O8Si2. The second-order valence-electron chi connectivity index (χ2n) is 6.68. The van der Waals surface area contributed by atoms with Gasteiger partial charge in [0.15, 0.2) is 0 Å². The summed E-state index contributed by atoms with van der Waals surface area (Å²) in [6.07, 6.45) is 3.08. The molecule has 0 atom stereocenters. The van der Waals surface area contributed by atoms with Gasteiger partial charge in [-0.3, -0.25) is 9.69 Å². The Kier molecular flexibility index (Phi) is 15.4. The van der Waals surface area contributed by atoms with Crippen molar-refractivity contribution < 1.29 is 36.1 Å². The number of hydrogen-bond acceptors (Lipinski definition) is 8. The molecule has 0 rings (SSSR count). The zero-order chi connectivity index (χ0) is 23.0. The van der Waals surface area contributed by atoms with E-state index in [1.807, 2.05) is 6.92 Å². The lowest BCUT2D eigenvalue weighted by Gasteiger charge is -2.27. The molecule has 0 bridgehead atoms. The summed E-state index contributed by atoms with van der Waals surface area (Å²) in [6, 6.07) is 0.657. The van der Waals surface area contributed by atoms with Crippen LogP contribution in [0.4, 0.5) is 4.79 Å². The van der Waals surface area contributed by atoms with Crippen LogP contribution in [0, 0.1) is 0 Å². The molecule has 0 aromatic carbocycles. The molecule has 0 radical (unpaired) electrons. The first-order valence-corrected chi connectivity index (χ1v) is 14.1. The number of carbonyl (C=O) groups excluding carboxylic acids is 2. The van der Waals surface area contributed by atoms with Gasteiger partial charge in [-0.05, 0) is 19.3 Å². The molecule has 30 heavy (non-hydrogen) atoms. The molecule has 0 aliphatic rings. The van der Waals surface area contributed by atoms with Gasteiger partial charge in [0, 0.05) is 74.3 Å². The minimum absolute atomic E-state index is 0.191. The van der Waals surface area contributed by atoms with E-state index in [0.717, 1.165) is 12.8 Å². The number of urea groups is 1. The Hall–Kier alpha value is -0.866. The quantitative estimate of drug-likeness (QED) is 0.256. The molecule has 0 unspecified atom stereocenters. The largest absolute Gasteiger partial charge is 0.500 e. The minimum Gasteiger partial charge on any atom is -0.377 e. The SMILES string of the molecule is CCCCC(=O)N(CCC[Si](OC)(OC)OC)C(=O)NCCC[Si](OC)(OC)OC. The van der Waals surface area contributed by atoms with Crippen molar-refractivity contribution in [3.05, 3.63) is 0 Å². The van der Waals surface area contributed by atoms with E-state index in [4.69, 9.17) is 26.6 Å². The smallest absolute Gasteiger partial charge is 0.377 e. The fraction of sp³-hybridized carbons (Fsp3) is 0.889. The number of unbranched alkanes of at least 4 members (excludes halogenated alkanes) is 1. The van der Waals surface area contributed by atoms with Crippen molar-refractivity contribution in [1.29, 1.82) is 0 Å². The van der Waals surface area contributed by atoms with Crippen molar-refractivity contribution in [1.82, 2.24) is 10.2 Å². The van der Waals surface area contributed by atoms with Gasteiger partial charge in [-0.15, -0.1) is 0 Å². The van der Waals surface area contributed by atoms with Crippen molar-refractivity contribution in [2.24, 2.45) is 0 Å². The number of hydrogen-bond donors (Lipinski definition) is 1. The van der Waals surface area contributed by atoms with Gasteiger partial charge in [0.05, 0.1) is 0 Å². The van der Waals surface area contributed by atoms with E-state index < -0.39 is 23.6 Å². The summed E-state index contributed by atoms with van der Waals surface area (Å²) in [6.45, 7) is 2.66. The first-order valence-electron chi connectivity index (χ1n) is 10.2. The highest BCUT2D eigenvalue weighted by Crippen LogP contribution is 2.17. The van der Waals surface area contributed by atoms with Crippen LogP contribution in [0.25, 0.3) is 0 Å². The maximum atomic E-state index is 12.7. The van der Waals surface area contributed by atoms with Crippen molar-refractivity contribution >= 4 is 29.5 Å². The van der Waals surface area contributed by atoms with Crippen LogP contribution in [0.2, 0.25) is 12.1 Å². The third-order valence-corrected chi connectivity index (χ3v) is 10.6. The Balaban J connectivity index is 4.83. The Labute approximate surface area is 183 Å². The predicted molar refractivity (Wildman–Crippen MR) is 117 cm³/mol. The van der Waals surface area contributed by atoms with Crippen LogP contribution in [0.5, 0.6) is 0 Å². The normalized spacial score (nSPS) is 12.1. The predicted octanol–water partition coefficient (Wildman–Crippen LogP) is 2.25. The standard InChI is InChI=1S/C18H40N2O8Si2/c1-8-9-12-17(21)20(14-11-16-30(26-5,27-6)28-7)18(22)19-13-10-15-29(23-2,24-3)25-4/h8-16H2,1-7H3,(H,19,22). The third-order valence-electron chi connectivity index (χ3n) is 4.96. The number of carbonyl (C=O) groups is 2. The second-order valence-corrected chi connectivity index (χ2v) is 12.9. The maximum Gasteiger partial charge on any atom is 0.500 e. The summed E-state index contributed by atoms with van der Waals surface area (Å²) in [4.78, 5) is 26.5. The van der Waals surface area contributed by atoms with E-state index >= 15 is 0 Å². The number of rotatable bonds is 17. The van der Waals surface area contributed by atoms with Crippen LogP contribution in [-0.4, -0.2) is 90.2 Å². The van der Waals surface area contributed by atoms with Gasteiger partial charge in [0.2, 0.25) is 5.91 Å². The van der Waals surface area contributed by atoms with Gasteiger partial charge >= 0.3 is 23.6 Å². The first kappa shape index (κ1) is 29.1. The topological polar surface area (TPSA) is 105 Å². The van der Waals surface area contributed by atoms with E-state index in [1.54, 1.807) is 42.7 Å². The summed E-state index contributed by atoms with van der Waals surface area (Å²) < 4.78 is 32.3. The highest BCUT2D eigenvalue weighted by atomic mass is 28.4. The number of nitrogens with one attached hydrogen (secondary N) is 1. The lowest BCUT2D eigenvalue weighted by atomic mass is 10.2. The van der Waals surface area contributed by atoms with E-state index in [2.05, 4.69) is 5.32 Å². The summed E-state index contributed by atoms with van der Waals surface area (Å²) in [5.41, 5.74) is 0. The average Bonchev–Trinajstić information content (AvgIpc) is 2.78. The Morgan fingerprint density at radius 3 is 1.67 bits per heavy atom.